The van der Waals surface area contributed by atoms with Gasteiger partial charge in [0.05, 0.1) is 6.61 Å². The Kier molecular flexibility index (Phi) is 4.95. The Labute approximate surface area is 120 Å². The van der Waals surface area contributed by atoms with E-state index in [9.17, 15) is 9.90 Å². The molecule has 0 aliphatic heterocycles. The number of carbonyl (C=O) groups is 1. The maximum Gasteiger partial charge on any atom is 0.326 e. The molecule has 1 rings (SSSR count). The summed E-state index contributed by atoms with van der Waals surface area (Å²) >= 11 is 0. The highest BCUT2D eigenvalue weighted by Crippen LogP contribution is 2.26. The fourth-order valence-corrected chi connectivity index (χ4v) is 2.08. The Morgan fingerprint density at radius 3 is 2.30 bits per heavy atom. The van der Waals surface area contributed by atoms with Gasteiger partial charge in [0.15, 0.2) is 0 Å². The van der Waals surface area contributed by atoms with E-state index in [4.69, 9.17) is 5.11 Å². The third-order valence-electron chi connectivity index (χ3n) is 3.58. The molecule has 1 aromatic rings. The van der Waals surface area contributed by atoms with Crippen molar-refractivity contribution in [1.29, 1.82) is 0 Å². The van der Waals surface area contributed by atoms with Gasteiger partial charge in [-0.3, -0.25) is 10.1 Å². The standard InChI is InChI=1S/C16H25NO3/c1-11-6-7-12(8-13(11)15(2,3)4)9-17-16(5,10-18)14(19)20/h6-8,17-18H,9-10H2,1-5H3,(H,19,20)/t16-/m1/s1. The van der Waals surface area contributed by atoms with Gasteiger partial charge in [0.1, 0.15) is 5.54 Å². The summed E-state index contributed by atoms with van der Waals surface area (Å²) in [5.41, 5.74) is 2.23. The fourth-order valence-electron chi connectivity index (χ4n) is 2.08. The molecule has 0 bridgehead atoms. The first kappa shape index (κ1) is 16.7. The Hall–Kier alpha value is -1.39. The minimum atomic E-state index is -1.31. The van der Waals surface area contributed by atoms with Gasteiger partial charge in [-0.1, -0.05) is 39.0 Å². The Morgan fingerprint density at radius 2 is 1.85 bits per heavy atom. The van der Waals surface area contributed by atoms with E-state index in [0.717, 1.165) is 5.56 Å². The van der Waals surface area contributed by atoms with E-state index in [2.05, 4.69) is 45.1 Å². The number of aliphatic hydroxyl groups is 1. The zero-order valence-corrected chi connectivity index (χ0v) is 12.9. The van der Waals surface area contributed by atoms with Gasteiger partial charge in [-0.15, -0.1) is 0 Å². The number of nitrogens with one attached hydrogen (secondary N) is 1. The number of hydrogen-bond donors (Lipinski definition) is 3. The highest BCUT2D eigenvalue weighted by Gasteiger charge is 2.31. The normalized spacial score (nSPS) is 14.9. The molecule has 0 aliphatic carbocycles. The monoisotopic (exact) mass is 279 g/mol. The van der Waals surface area contributed by atoms with E-state index in [1.165, 1.54) is 18.1 Å². The van der Waals surface area contributed by atoms with Crippen LogP contribution in [0.25, 0.3) is 0 Å². The first-order chi connectivity index (χ1) is 9.10. The maximum atomic E-state index is 11.1. The van der Waals surface area contributed by atoms with Crippen LogP contribution in [-0.2, 0) is 16.8 Å². The summed E-state index contributed by atoms with van der Waals surface area (Å²) in [5, 5.41) is 21.2. The summed E-state index contributed by atoms with van der Waals surface area (Å²) in [6.07, 6.45) is 0. The Bertz CT molecular complexity index is 491. The van der Waals surface area contributed by atoms with Crippen molar-refractivity contribution in [3.05, 3.63) is 34.9 Å². The van der Waals surface area contributed by atoms with Crippen molar-refractivity contribution in [3.63, 3.8) is 0 Å². The van der Waals surface area contributed by atoms with E-state index >= 15 is 0 Å². The lowest BCUT2D eigenvalue weighted by Crippen LogP contribution is -2.52. The lowest BCUT2D eigenvalue weighted by atomic mass is 9.83. The molecule has 1 aromatic carbocycles. The molecule has 0 radical (unpaired) electrons. The van der Waals surface area contributed by atoms with Crippen LogP contribution in [0.4, 0.5) is 0 Å². The first-order valence-electron chi connectivity index (χ1n) is 6.79. The summed E-state index contributed by atoms with van der Waals surface area (Å²) in [6.45, 7) is 9.99. The van der Waals surface area contributed by atoms with Gasteiger partial charge in [0, 0.05) is 6.54 Å². The molecule has 3 N–H and O–H groups in total. The van der Waals surface area contributed by atoms with Crippen LogP contribution in [0.15, 0.2) is 18.2 Å². The number of carboxylic acid groups (broad SMARTS) is 1. The van der Waals surface area contributed by atoms with Gasteiger partial charge < -0.3 is 10.2 Å². The van der Waals surface area contributed by atoms with Gasteiger partial charge in [-0.25, -0.2) is 0 Å². The van der Waals surface area contributed by atoms with Crippen LogP contribution >= 0.6 is 0 Å². The van der Waals surface area contributed by atoms with Crippen molar-refractivity contribution in [1.82, 2.24) is 5.32 Å². The smallest absolute Gasteiger partial charge is 0.326 e. The van der Waals surface area contributed by atoms with Crippen molar-refractivity contribution in [2.45, 2.75) is 52.1 Å². The predicted molar refractivity (Wildman–Crippen MR) is 79.8 cm³/mol. The molecule has 4 nitrogen and oxygen atoms in total. The van der Waals surface area contributed by atoms with Crippen molar-refractivity contribution in [3.8, 4) is 0 Å². The summed E-state index contributed by atoms with van der Waals surface area (Å²) < 4.78 is 0. The van der Waals surface area contributed by atoms with Crippen LogP contribution in [0.5, 0.6) is 0 Å². The highest BCUT2D eigenvalue weighted by molar-refractivity contribution is 5.78. The molecule has 112 valence electrons. The molecule has 0 fully saturated rings. The van der Waals surface area contributed by atoms with Gasteiger partial charge in [0.2, 0.25) is 0 Å². The van der Waals surface area contributed by atoms with E-state index in [-0.39, 0.29) is 5.41 Å². The molecule has 0 heterocycles. The summed E-state index contributed by atoms with van der Waals surface area (Å²) in [4.78, 5) is 11.1. The van der Waals surface area contributed by atoms with Gasteiger partial charge in [0.25, 0.3) is 0 Å². The predicted octanol–water partition coefficient (Wildman–Crippen LogP) is 2.22. The van der Waals surface area contributed by atoms with Crippen molar-refractivity contribution in [2.75, 3.05) is 6.61 Å². The number of aliphatic hydroxyl groups excluding tert-OH is 1. The molecule has 0 aromatic heterocycles. The number of rotatable bonds is 5. The Morgan fingerprint density at radius 1 is 1.25 bits per heavy atom. The second-order valence-corrected chi connectivity index (χ2v) is 6.55. The summed E-state index contributed by atoms with van der Waals surface area (Å²) in [6, 6.07) is 6.13. The van der Waals surface area contributed by atoms with Crippen LogP contribution in [0, 0.1) is 6.92 Å². The average molecular weight is 279 g/mol. The summed E-state index contributed by atoms with van der Waals surface area (Å²) in [7, 11) is 0. The average Bonchev–Trinajstić information content (AvgIpc) is 2.35. The van der Waals surface area contributed by atoms with Crippen LogP contribution in [0.3, 0.4) is 0 Å². The lowest BCUT2D eigenvalue weighted by molar-refractivity contribution is -0.145. The topological polar surface area (TPSA) is 69.6 Å². The van der Waals surface area contributed by atoms with E-state index < -0.39 is 18.1 Å². The van der Waals surface area contributed by atoms with Crippen LogP contribution in [-0.4, -0.2) is 28.3 Å². The number of aryl methyl sites for hydroxylation is 1. The van der Waals surface area contributed by atoms with Gasteiger partial charge in [-0.05, 0) is 36.0 Å². The number of hydrogen-bond acceptors (Lipinski definition) is 3. The van der Waals surface area contributed by atoms with Gasteiger partial charge >= 0.3 is 5.97 Å². The molecule has 0 amide bonds. The third-order valence-corrected chi connectivity index (χ3v) is 3.58. The van der Waals surface area contributed by atoms with E-state index in [1.807, 2.05) is 6.07 Å². The molecule has 0 unspecified atom stereocenters. The molecule has 20 heavy (non-hydrogen) atoms. The van der Waals surface area contributed by atoms with E-state index in [1.54, 1.807) is 0 Å². The maximum absolute atomic E-state index is 11.1. The molecule has 0 spiro atoms. The van der Waals surface area contributed by atoms with Crippen LogP contribution < -0.4 is 5.32 Å². The Balaban J connectivity index is 2.93. The zero-order valence-electron chi connectivity index (χ0n) is 12.9. The highest BCUT2D eigenvalue weighted by atomic mass is 16.4. The molecule has 1 atom stereocenters. The van der Waals surface area contributed by atoms with Crippen LogP contribution in [0.2, 0.25) is 0 Å². The fraction of sp³-hybridized carbons (Fsp3) is 0.562. The number of aliphatic carboxylic acids is 1. The second-order valence-electron chi connectivity index (χ2n) is 6.55. The lowest BCUT2D eigenvalue weighted by Gasteiger charge is -2.25. The second kappa shape index (κ2) is 5.94. The van der Waals surface area contributed by atoms with Crippen molar-refractivity contribution >= 4 is 5.97 Å². The largest absolute Gasteiger partial charge is 0.480 e. The molecule has 0 aliphatic rings. The molecular formula is C16H25NO3. The quantitative estimate of drug-likeness (QED) is 0.773. The molecule has 0 saturated heterocycles. The molecule has 4 heteroatoms. The van der Waals surface area contributed by atoms with Gasteiger partial charge in [-0.2, -0.15) is 0 Å². The van der Waals surface area contributed by atoms with Crippen molar-refractivity contribution < 1.29 is 15.0 Å². The third kappa shape index (κ3) is 3.81. The number of carboxylic acids is 1. The summed E-state index contributed by atoms with van der Waals surface area (Å²) in [5.74, 6) is -1.05. The molecular weight excluding hydrogens is 254 g/mol. The minimum Gasteiger partial charge on any atom is -0.480 e. The van der Waals surface area contributed by atoms with Crippen molar-refractivity contribution in [2.24, 2.45) is 0 Å². The van der Waals surface area contributed by atoms with Crippen LogP contribution in [0.1, 0.15) is 44.4 Å². The SMILES string of the molecule is Cc1ccc(CN[C@](C)(CO)C(=O)O)cc1C(C)(C)C. The zero-order chi connectivity index (χ0) is 15.6. The number of benzene rings is 1. The molecule has 0 saturated carbocycles. The first-order valence-corrected chi connectivity index (χ1v) is 6.79. The minimum absolute atomic E-state index is 0.0488. The van der Waals surface area contributed by atoms with E-state index in [0.29, 0.717) is 6.54 Å².